The van der Waals surface area contributed by atoms with Crippen LogP contribution in [0.15, 0.2) is 23.6 Å². The number of sulfone groups is 1. The highest BCUT2D eigenvalue weighted by atomic mass is 32.2. The maximum absolute atomic E-state index is 12.4. The smallest absolute Gasteiger partial charge is 0.160 e. The quantitative estimate of drug-likeness (QED) is 0.835. The van der Waals surface area contributed by atoms with Gasteiger partial charge in [-0.05, 0) is 25.0 Å². The first-order valence-electron chi connectivity index (χ1n) is 6.97. The molecule has 1 aromatic heterocycles. The van der Waals surface area contributed by atoms with Crippen molar-refractivity contribution in [3.05, 3.63) is 51.0 Å². The lowest BCUT2D eigenvalue weighted by Gasteiger charge is -2.07. The summed E-state index contributed by atoms with van der Waals surface area (Å²) in [6.45, 7) is 8.05. The third kappa shape index (κ3) is 4.38. The van der Waals surface area contributed by atoms with Gasteiger partial charge >= 0.3 is 0 Å². The fourth-order valence-corrected chi connectivity index (χ4v) is 4.55. The van der Waals surface area contributed by atoms with Crippen LogP contribution in [0.25, 0.3) is 0 Å². The molecule has 0 fully saturated rings. The van der Waals surface area contributed by atoms with E-state index in [4.69, 9.17) is 0 Å². The van der Waals surface area contributed by atoms with E-state index >= 15 is 0 Å². The number of hydrogen-bond donors (Lipinski definition) is 0. The maximum Gasteiger partial charge on any atom is 0.160 e. The molecule has 0 amide bonds. The van der Waals surface area contributed by atoms with E-state index in [0.717, 1.165) is 21.7 Å². The molecule has 0 spiro atoms. The third-order valence-corrected chi connectivity index (χ3v) is 5.99. The first-order valence-corrected chi connectivity index (χ1v) is 9.68. The second-order valence-corrected chi connectivity index (χ2v) is 8.75. The van der Waals surface area contributed by atoms with Crippen LogP contribution in [0.2, 0.25) is 0 Å². The summed E-state index contributed by atoms with van der Waals surface area (Å²) in [7, 11) is -3.20. The van der Waals surface area contributed by atoms with Crippen molar-refractivity contribution in [1.29, 1.82) is 0 Å². The number of aromatic nitrogens is 1. The van der Waals surface area contributed by atoms with Gasteiger partial charge in [0.2, 0.25) is 0 Å². The van der Waals surface area contributed by atoms with Crippen LogP contribution in [0.5, 0.6) is 0 Å². The molecule has 0 N–H and O–H groups in total. The van der Waals surface area contributed by atoms with Crippen LogP contribution in [0, 0.1) is 13.8 Å². The lowest BCUT2D eigenvalue weighted by atomic mass is 10.1. The van der Waals surface area contributed by atoms with Gasteiger partial charge in [-0.25, -0.2) is 13.4 Å². The van der Waals surface area contributed by atoms with E-state index in [1.165, 1.54) is 11.3 Å². The van der Waals surface area contributed by atoms with E-state index in [2.05, 4.69) is 18.8 Å². The minimum absolute atomic E-state index is 0.0175. The monoisotopic (exact) mass is 323 g/mol. The Labute approximate surface area is 131 Å². The lowest BCUT2D eigenvalue weighted by molar-refractivity contribution is 0.593. The first kappa shape index (κ1) is 16.2. The average Bonchev–Trinajstić information content (AvgIpc) is 2.81. The molecule has 2 rings (SSSR count). The Morgan fingerprint density at radius 1 is 1.19 bits per heavy atom. The predicted octanol–water partition coefficient (Wildman–Crippen LogP) is 4.00. The molecule has 1 heterocycles. The zero-order chi connectivity index (χ0) is 15.6. The number of hydrogen-bond acceptors (Lipinski definition) is 4. The summed E-state index contributed by atoms with van der Waals surface area (Å²) in [6, 6.07) is 5.92. The van der Waals surface area contributed by atoms with Gasteiger partial charge in [0.25, 0.3) is 0 Å². The Kier molecular flexibility index (Phi) is 4.84. The maximum atomic E-state index is 12.4. The molecule has 114 valence electrons. The van der Waals surface area contributed by atoms with E-state index in [1.54, 1.807) is 0 Å². The first-order chi connectivity index (χ1) is 9.77. The summed E-state index contributed by atoms with van der Waals surface area (Å²) in [5, 5.41) is 2.85. The molecule has 0 radical (unpaired) electrons. The number of thiazole rings is 1. The normalized spacial score (nSPS) is 12.0. The highest BCUT2D eigenvalue weighted by Gasteiger charge is 2.17. The zero-order valence-electron chi connectivity index (χ0n) is 12.9. The summed E-state index contributed by atoms with van der Waals surface area (Å²) in [5.74, 6) is 0.434. The highest BCUT2D eigenvalue weighted by molar-refractivity contribution is 7.89. The van der Waals surface area contributed by atoms with Crippen molar-refractivity contribution in [3.63, 3.8) is 0 Å². The second kappa shape index (κ2) is 6.28. The minimum atomic E-state index is -3.20. The highest BCUT2D eigenvalue weighted by Crippen LogP contribution is 2.22. The van der Waals surface area contributed by atoms with Gasteiger partial charge < -0.3 is 0 Å². The van der Waals surface area contributed by atoms with E-state index in [-0.39, 0.29) is 11.5 Å². The molecule has 2 aromatic rings. The SMILES string of the molecule is Cc1ccc(C)c(CS(=O)(=O)Cc2csc(C(C)C)n2)c1. The van der Waals surface area contributed by atoms with Crippen molar-refractivity contribution in [2.75, 3.05) is 0 Å². The van der Waals surface area contributed by atoms with E-state index < -0.39 is 9.84 Å². The molecule has 0 unspecified atom stereocenters. The van der Waals surface area contributed by atoms with Crippen molar-refractivity contribution >= 4 is 21.2 Å². The van der Waals surface area contributed by atoms with Crippen molar-refractivity contribution in [1.82, 2.24) is 4.98 Å². The number of rotatable bonds is 5. The van der Waals surface area contributed by atoms with Gasteiger partial charge in [-0.15, -0.1) is 11.3 Å². The van der Waals surface area contributed by atoms with E-state index in [9.17, 15) is 8.42 Å². The summed E-state index contributed by atoms with van der Waals surface area (Å²) in [6.07, 6.45) is 0. The van der Waals surface area contributed by atoms with Crippen LogP contribution >= 0.6 is 11.3 Å². The molecule has 0 bridgehead atoms. The van der Waals surface area contributed by atoms with Gasteiger partial charge in [0.1, 0.15) is 0 Å². The van der Waals surface area contributed by atoms with Crippen LogP contribution in [0.1, 0.15) is 47.2 Å². The van der Waals surface area contributed by atoms with Gasteiger partial charge in [0.05, 0.1) is 22.2 Å². The van der Waals surface area contributed by atoms with Crippen LogP contribution in [-0.2, 0) is 21.3 Å². The van der Waals surface area contributed by atoms with Crippen LogP contribution < -0.4 is 0 Å². The third-order valence-electron chi connectivity index (χ3n) is 3.31. The molecule has 21 heavy (non-hydrogen) atoms. The lowest BCUT2D eigenvalue weighted by Crippen LogP contribution is -2.09. The van der Waals surface area contributed by atoms with Gasteiger partial charge in [0, 0.05) is 11.3 Å². The van der Waals surface area contributed by atoms with Gasteiger partial charge in [-0.3, -0.25) is 0 Å². The number of benzene rings is 1. The summed E-state index contributed by atoms with van der Waals surface area (Å²) >= 11 is 1.53. The minimum Gasteiger partial charge on any atom is -0.245 e. The standard InChI is InChI=1S/C16H21NO2S2/c1-11(2)16-17-15(8-20-16)10-21(18,19)9-14-7-12(3)5-6-13(14)4/h5-8,11H,9-10H2,1-4H3. The van der Waals surface area contributed by atoms with Crippen LogP contribution in [-0.4, -0.2) is 13.4 Å². The summed E-state index contributed by atoms with van der Waals surface area (Å²) < 4.78 is 24.8. The Bertz CT molecular complexity index is 730. The van der Waals surface area contributed by atoms with E-state index in [0.29, 0.717) is 11.6 Å². The molecule has 0 aliphatic rings. The van der Waals surface area contributed by atoms with Gasteiger partial charge in [-0.1, -0.05) is 37.6 Å². The molecule has 0 aliphatic carbocycles. The van der Waals surface area contributed by atoms with Crippen molar-refractivity contribution in [3.8, 4) is 0 Å². The second-order valence-electron chi connectivity index (χ2n) is 5.79. The summed E-state index contributed by atoms with van der Waals surface area (Å²) in [4.78, 5) is 4.42. The topological polar surface area (TPSA) is 47.0 Å². The van der Waals surface area contributed by atoms with Crippen LogP contribution in [0.3, 0.4) is 0 Å². The van der Waals surface area contributed by atoms with Crippen molar-refractivity contribution in [2.24, 2.45) is 0 Å². The molecule has 0 saturated carbocycles. The summed E-state index contributed by atoms with van der Waals surface area (Å²) in [5.41, 5.74) is 3.65. The van der Waals surface area contributed by atoms with E-state index in [1.807, 2.05) is 37.4 Å². The molecule has 3 nitrogen and oxygen atoms in total. The fraction of sp³-hybridized carbons (Fsp3) is 0.438. The number of nitrogens with zero attached hydrogens (tertiary/aromatic N) is 1. The van der Waals surface area contributed by atoms with Gasteiger partial charge in [-0.2, -0.15) is 0 Å². The average molecular weight is 323 g/mol. The fourth-order valence-electron chi connectivity index (χ4n) is 2.12. The molecule has 0 aliphatic heterocycles. The molecule has 0 saturated heterocycles. The molecular formula is C16H21NO2S2. The Balaban J connectivity index is 2.16. The number of aryl methyl sites for hydroxylation is 2. The Morgan fingerprint density at radius 2 is 1.90 bits per heavy atom. The largest absolute Gasteiger partial charge is 0.245 e. The van der Waals surface area contributed by atoms with Gasteiger partial charge in [0.15, 0.2) is 9.84 Å². The molecule has 1 aromatic carbocycles. The zero-order valence-corrected chi connectivity index (χ0v) is 14.5. The van der Waals surface area contributed by atoms with Crippen molar-refractivity contribution < 1.29 is 8.42 Å². The van der Waals surface area contributed by atoms with Crippen molar-refractivity contribution in [2.45, 2.75) is 45.1 Å². The molecule has 5 heteroatoms. The molecule has 0 atom stereocenters. The van der Waals surface area contributed by atoms with Crippen LogP contribution in [0.4, 0.5) is 0 Å². The molecular weight excluding hydrogens is 302 g/mol. The Morgan fingerprint density at radius 3 is 2.52 bits per heavy atom. The Hall–Kier alpha value is -1.20. The predicted molar refractivity (Wildman–Crippen MR) is 88.4 cm³/mol.